The molecule has 0 N–H and O–H groups in total. The van der Waals surface area contributed by atoms with Crippen molar-refractivity contribution in [1.82, 2.24) is 4.98 Å². The molecule has 5 nitrogen and oxygen atoms in total. The van der Waals surface area contributed by atoms with Crippen molar-refractivity contribution in [2.75, 3.05) is 18.6 Å². The SMILES string of the molecule is COC(=O)CCc1cnc(N2CCC[C@@H]2OC2CCC2)s1. The zero-order valence-electron chi connectivity index (χ0n) is 12.4. The second-order valence-corrected chi connectivity index (χ2v) is 6.76. The molecule has 0 bridgehead atoms. The second kappa shape index (κ2) is 6.75. The molecule has 0 amide bonds. The molecule has 1 aromatic heterocycles. The maximum absolute atomic E-state index is 11.2. The molecule has 1 saturated heterocycles. The molecular weight excluding hydrogens is 288 g/mol. The van der Waals surface area contributed by atoms with Crippen molar-refractivity contribution in [3.63, 3.8) is 0 Å². The zero-order chi connectivity index (χ0) is 14.7. The van der Waals surface area contributed by atoms with E-state index < -0.39 is 0 Å². The van der Waals surface area contributed by atoms with Crippen LogP contribution in [0.4, 0.5) is 5.13 Å². The predicted molar refractivity (Wildman–Crippen MR) is 81.5 cm³/mol. The number of anilines is 1. The molecule has 1 aliphatic heterocycles. The molecule has 0 radical (unpaired) electrons. The van der Waals surface area contributed by atoms with Gasteiger partial charge in [-0.25, -0.2) is 4.98 Å². The first-order valence-electron chi connectivity index (χ1n) is 7.70. The van der Waals surface area contributed by atoms with Crippen molar-refractivity contribution in [2.24, 2.45) is 0 Å². The molecule has 1 aliphatic carbocycles. The van der Waals surface area contributed by atoms with Crippen LogP contribution in [0.3, 0.4) is 0 Å². The van der Waals surface area contributed by atoms with Gasteiger partial charge in [-0.3, -0.25) is 4.79 Å². The molecule has 0 unspecified atom stereocenters. The third-order valence-corrected chi connectivity index (χ3v) is 5.28. The van der Waals surface area contributed by atoms with E-state index in [1.165, 1.54) is 26.4 Å². The van der Waals surface area contributed by atoms with Crippen molar-refractivity contribution in [2.45, 2.75) is 57.3 Å². The number of carbonyl (C=O) groups excluding carboxylic acids is 1. The summed E-state index contributed by atoms with van der Waals surface area (Å²) < 4.78 is 10.8. The number of carbonyl (C=O) groups is 1. The minimum atomic E-state index is -0.169. The van der Waals surface area contributed by atoms with E-state index in [0.717, 1.165) is 29.4 Å². The quantitative estimate of drug-likeness (QED) is 0.756. The average molecular weight is 310 g/mol. The number of aryl methyl sites for hydroxylation is 1. The van der Waals surface area contributed by atoms with Crippen molar-refractivity contribution in [3.05, 3.63) is 11.1 Å². The largest absolute Gasteiger partial charge is 0.469 e. The monoisotopic (exact) mass is 310 g/mol. The van der Waals surface area contributed by atoms with Crippen LogP contribution in [0.1, 0.15) is 43.4 Å². The molecule has 116 valence electrons. The molecule has 0 spiro atoms. The fourth-order valence-electron chi connectivity index (χ4n) is 2.70. The first-order valence-corrected chi connectivity index (χ1v) is 8.51. The molecule has 6 heteroatoms. The van der Waals surface area contributed by atoms with Crippen LogP contribution >= 0.6 is 11.3 Å². The zero-order valence-corrected chi connectivity index (χ0v) is 13.2. The molecule has 1 aromatic rings. The molecule has 1 atom stereocenters. The molecule has 2 heterocycles. The summed E-state index contributed by atoms with van der Waals surface area (Å²) in [7, 11) is 1.42. The van der Waals surface area contributed by atoms with Gasteiger partial charge in [-0.2, -0.15) is 0 Å². The summed E-state index contributed by atoms with van der Waals surface area (Å²) in [5, 5.41) is 1.02. The molecule has 1 saturated carbocycles. The maximum Gasteiger partial charge on any atom is 0.305 e. The van der Waals surface area contributed by atoms with Gasteiger partial charge in [0, 0.05) is 17.6 Å². The van der Waals surface area contributed by atoms with Crippen LogP contribution in [-0.4, -0.2) is 36.9 Å². The van der Waals surface area contributed by atoms with E-state index in [2.05, 4.69) is 14.6 Å². The van der Waals surface area contributed by atoms with Gasteiger partial charge in [0.05, 0.1) is 19.6 Å². The Morgan fingerprint density at radius 2 is 2.29 bits per heavy atom. The Labute approximate surface area is 129 Å². The first-order chi connectivity index (χ1) is 10.3. The number of methoxy groups -OCH3 is 1. The summed E-state index contributed by atoms with van der Waals surface area (Å²) in [6, 6.07) is 0. The van der Waals surface area contributed by atoms with E-state index in [4.69, 9.17) is 4.74 Å². The highest BCUT2D eigenvalue weighted by Gasteiger charge is 2.31. The number of aromatic nitrogens is 1. The number of rotatable bonds is 6. The number of hydrogen-bond acceptors (Lipinski definition) is 6. The Balaban J connectivity index is 1.57. The van der Waals surface area contributed by atoms with Crippen LogP contribution in [0.5, 0.6) is 0 Å². The van der Waals surface area contributed by atoms with Gasteiger partial charge in [-0.15, -0.1) is 11.3 Å². The summed E-state index contributed by atoms with van der Waals surface area (Å²) >= 11 is 1.67. The van der Waals surface area contributed by atoms with Gasteiger partial charge in [0.1, 0.15) is 6.23 Å². The Morgan fingerprint density at radius 1 is 1.43 bits per heavy atom. The first kappa shape index (κ1) is 14.8. The standard InChI is InChI=1S/C15H22N2O3S/c1-19-14(18)8-7-12-10-16-15(21-12)17-9-3-6-13(17)20-11-4-2-5-11/h10-11,13H,2-9H2,1H3/t13-/m0/s1. The number of esters is 1. The summed E-state index contributed by atoms with van der Waals surface area (Å²) in [5.41, 5.74) is 0. The third-order valence-electron chi connectivity index (χ3n) is 4.19. The van der Waals surface area contributed by atoms with Crippen LogP contribution in [-0.2, 0) is 20.7 Å². The molecular formula is C15H22N2O3S. The number of thiazole rings is 1. The number of nitrogens with zero attached hydrogens (tertiary/aromatic N) is 2. The van der Waals surface area contributed by atoms with Gasteiger partial charge < -0.3 is 14.4 Å². The Hall–Kier alpha value is -1.14. The van der Waals surface area contributed by atoms with Crippen LogP contribution in [0.25, 0.3) is 0 Å². The number of hydrogen-bond donors (Lipinski definition) is 0. The Bertz CT molecular complexity index is 487. The van der Waals surface area contributed by atoms with E-state index in [1.807, 2.05) is 6.20 Å². The van der Waals surface area contributed by atoms with E-state index in [9.17, 15) is 4.79 Å². The Morgan fingerprint density at radius 3 is 3.00 bits per heavy atom. The van der Waals surface area contributed by atoms with Crippen LogP contribution in [0.15, 0.2) is 6.20 Å². The molecule has 3 rings (SSSR count). The molecule has 0 aromatic carbocycles. The smallest absolute Gasteiger partial charge is 0.305 e. The van der Waals surface area contributed by atoms with Gasteiger partial charge >= 0.3 is 5.97 Å². The van der Waals surface area contributed by atoms with E-state index in [-0.39, 0.29) is 12.2 Å². The van der Waals surface area contributed by atoms with Gasteiger partial charge in [0.2, 0.25) is 0 Å². The molecule has 21 heavy (non-hydrogen) atoms. The van der Waals surface area contributed by atoms with E-state index in [0.29, 0.717) is 18.9 Å². The van der Waals surface area contributed by atoms with Gasteiger partial charge in [-0.1, -0.05) is 0 Å². The van der Waals surface area contributed by atoms with Crippen LogP contribution in [0, 0.1) is 0 Å². The fourth-order valence-corrected chi connectivity index (χ4v) is 3.67. The summed E-state index contributed by atoms with van der Waals surface area (Å²) in [5.74, 6) is -0.169. The second-order valence-electron chi connectivity index (χ2n) is 5.66. The normalized spacial score (nSPS) is 22.3. The van der Waals surface area contributed by atoms with Crippen molar-refractivity contribution in [1.29, 1.82) is 0 Å². The van der Waals surface area contributed by atoms with Crippen molar-refractivity contribution >= 4 is 22.4 Å². The Kier molecular flexibility index (Phi) is 4.75. The maximum atomic E-state index is 11.2. The fraction of sp³-hybridized carbons (Fsp3) is 0.733. The van der Waals surface area contributed by atoms with Crippen LogP contribution in [0.2, 0.25) is 0 Å². The lowest BCUT2D eigenvalue weighted by molar-refractivity contribution is -0.140. The van der Waals surface area contributed by atoms with E-state index in [1.54, 1.807) is 11.3 Å². The summed E-state index contributed by atoms with van der Waals surface area (Å²) in [6.07, 6.45) is 9.59. The lowest BCUT2D eigenvalue weighted by Crippen LogP contribution is -2.37. The minimum absolute atomic E-state index is 0.169. The van der Waals surface area contributed by atoms with Gasteiger partial charge in [0.25, 0.3) is 0 Å². The minimum Gasteiger partial charge on any atom is -0.469 e. The van der Waals surface area contributed by atoms with Crippen molar-refractivity contribution < 1.29 is 14.3 Å². The van der Waals surface area contributed by atoms with Crippen LogP contribution < -0.4 is 4.90 Å². The number of ether oxygens (including phenoxy) is 2. The molecule has 2 fully saturated rings. The van der Waals surface area contributed by atoms with Crippen molar-refractivity contribution in [3.8, 4) is 0 Å². The summed E-state index contributed by atoms with van der Waals surface area (Å²) in [6.45, 7) is 1.02. The highest BCUT2D eigenvalue weighted by Crippen LogP contribution is 2.33. The highest BCUT2D eigenvalue weighted by atomic mass is 32.1. The van der Waals surface area contributed by atoms with E-state index >= 15 is 0 Å². The van der Waals surface area contributed by atoms with Gasteiger partial charge in [0.15, 0.2) is 5.13 Å². The highest BCUT2D eigenvalue weighted by molar-refractivity contribution is 7.15. The average Bonchev–Trinajstić information content (AvgIpc) is 3.08. The summed E-state index contributed by atoms with van der Waals surface area (Å²) in [4.78, 5) is 19.1. The lowest BCUT2D eigenvalue weighted by Gasteiger charge is -2.32. The third kappa shape index (κ3) is 3.55. The topological polar surface area (TPSA) is 51.7 Å². The molecule has 2 aliphatic rings. The van der Waals surface area contributed by atoms with Gasteiger partial charge in [-0.05, 0) is 38.5 Å². The lowest BCUT2D eigenvalue weighted by atomic mass is 9.96. The predicted octanol–water partition coefficient (Wildman–Crippen LogP) is 2.74.